The van der Waals surface area contributed by atoms with Gasteiger partial charge in [-0.05, 0) is 68.7 Å². The summed E-state index contributed by atoms with van der Waals surface area (Å²) in [5, 5.41) is 10.6. The van der Waals surface area contributed by atoms with Crippen molar-refractivity contribution in [2.75, 3.05) is 16.8 Å². The summed E-state index contributed by atoms with van der Waals surface area (Å²) in [7, 11) is -4.24. The van der Waals surface area contributed by atoms with Gasteiger partial charge in [-0.15, -0.1) is 0 Å². The number of carbonyl (C=O) groups excluding carboxylic acids is 1. The molecule has 1 saturated heterocycles. The van der Waals surface area contributed by atoms with E-state index in [1.807, 2.05) is 18.2 Å². The van der Waals surface area contributed by atoms with Crippen LogP contribution in [0.25, 0.3) is 10.9 Å². The van der Waals surface area contributed by atoms with E-state index >= 15 is 0 Å². The van der Waals surface area contributed by atoms with Crippen molar-refractivity contribution in [3.8, 4) is 0 Å². The molecule has 1 amide bonds. The Morgan fingerprint density at radius 3 is 2.78 bits per heavy atom. The highest BCUT2D eigenvalue weighted by atomic mass is 32.2. The van der Waals surface area contributed by atoms with Crippen LogP contribution in [0.1, 0.15) is 37.6 Å². The summed E-state index contributed by atoms with van der Waals surface area (Å²) in [5.74, 6) is 0.437. The van der Waals surface area contributed by atoms with E-state index in [0.717, 1.165) is 29.6 Å². The number of sulfonamides is 1. The van der Waals surface area contributed by atoms with Crippen molar-refractivity contribution in [3.63, 3.8) is 0 Å². The zero-order chi connectivity index (χ0) is 25.5. The molecule has 5 rings (SSSR count). The number of H-pyrrole nitrogens is 1. The molecule has 0 saturated carbocycles. The molecule has 1 atom stereocenters. The standard InChI is InChI=1S/C25H27N7O3S/c1-16-11-13-32(25(16,2)3)23-19(6-5-12-26-23)24(33)31-36(34,35)22-8-4-7-21(29-22)28-18-9-10-20-17(14-18)15-27-30-20/h4-10,12,14-16H,11,13H2,1-3H3,(H,27,30)(H,28,29)(H,31,33). The highest BCUT2D eigenvalue weighted by Crippen LogP contribution is 2.38. The molecule has 186 valence electrons. The Kier molecular flexibility index (Phi) is 5.87. The van der Waals surface area contributed by atoms with Gasteiger partial charge in [-0.2, -0.15) is 13.5 Å². The molecule has 0 radical (unpaired) electrons. The van der Waals surface area contributed by atoms with E-state index in [9.17, 15) is 13.2 Å². The van der Waals surface area contributed by atoms with E-state index in [1.54, 1.807) is 36.7 Å². The van der Waals surface area contributed by atoms with Crippen molar-refractivity contribution in [2.24, 2.45) is 5.92 Å². The van der Waals surface area contributed by atoms with E-state index in [4.69, 9.17) is 0 Å². The molecule has 4 heterocycles. The van der Waals surface area contributed by atoms with Crippen LogP contribution < -0.4 is 14.9 Å². The van der Waals surface area contributed by atoms with Gasteiger partial charge >= 0.3 is 0 Å². The van der Waals surface area contributed by atoms with Crippen LogP contribution >= 0.6 is 0 Å². The van der Waals surface area contributed by atoms with Crippen molar-refractivity contribution >= 4 is 44.2 Å². The number of carbonyl (C=O) groups is 1. The Labute approximate surface area is 209 Å². The molecule has 10 nitrogen and oxygen atoms in total. The van der Waals surface area contributed by atoms with Crippen LogP contribution in [0.15, 0.2) is 66.0 Å². The third-order valence-electron chi connectivity index (χ3n) is 6.91. The number of aromatic amines is 1. The van der Waals surface area contributed by atoms with Crippen LogP contribution in [-0.4, -0.2) is 46.6 Å². The van der Waals surface area contributed by atoms with E-state index in [1.165, 1.54) is 6.07 Å². The third-order valence-corrected chi connectivity index (χ3v) is 8.15. The molecular formula is C25H27N7O3S. The summed E-state index contributed by atoms with van der Waals surface area (Å²) < 4.78 is 28.4. The Hall–Kier alpha value is -3.99. The minimum absolute atomic E-state index is 0.200. The molecule has 11 heteroatoms. The van der Waals surface area contributed by atoms with E-state index in [2.05, 4.69) is 55.9 Å². The summed E-state index contributed by atoms with van der Waals surface area (Å²) in [5.41, 5.74) is 1.58. The highest BCUT2D eigenvalue weighted by molar-refractivity contribution is 7.90. The second kappa shape index (κ2) is 8.90. The molecule has 1 aliphatic rings. The molecule has 3 aromatic heterocycles. The maximum absolute atomic E-state index is 13.2. The predicted molar refractivity (Wildman–Crippen MR) is 138 cm³/mol. The number of fused-ring (bicyclic) bond motifs is 1. The van der Waals surface area contributed by atoms with Gasteiger partial charge in [-0.3, -0.25) is 9.89 Å². The molecule has 1 unspecified atom stereocenters. The first-order chi connectivity index (χ1) is 17.1. The minimum Gasteiger partial charge on any atom is -0.351 e. The molecular weight excluding hydrogens is 478 g/mol. The summed E-state index contributed by atoms with van der Waals surface area (Å²) in [6, 6.07) is 13.3. The summed E-state index contributed by atoms with van der Waals surface area (Å²) in [6.45, 7) is 7.10. The summed E-state index contributed by atoms with van der Waals surface area (Å²) >= 11 is 0. The fraction of sp³-hybridized carbons (Fsp3) is 0.280. The average molecular weight is 506 g/mol. The third kappa shape index (κ3) is 4.37. The van der Waals surface area contributed by atoms with Crippen molar-refractivity contribution in [2.45, 2.75) is 37.8 Å². The van der Waals surface area contributed by atoms with Gasteiger partial charge in [0.05, 0.1) is 17.3 Å². The van der Waals surface area contributed by atoms with Gasteiger partial charge in [0, 0.05) is 29.4 Å². The van der Waals surface area contributed by atoms with Crippen LogP contribution in [0.5, 0.6) is 0 Å². The van der Waals surface area contributed by atoms with Gasteiger partial charge in [-0.25, -0.2) is 14.7 Å². The van der Waals surface area contributed by atoms with E-state index in [0.29, 0.717) is 17.6 Å². The number of nitrogens with one attached hydrogen (secondary N) is 3. The van der Waals surface area contributed by atoms with Crippen LogP contribution in [0.4, 0.5) is 17.3 Å². The van der Waals surface area contributed by atoms with Gasteiger partial charge in [0.2, 0.25) is 0 Å². The monoisotopic (exact) mass is 505 g/mol. The molecule has 1 aliphatic heterocycles. The number of amides is 1. The maximum atomic E-state index is 13.2. The fourth-order valence-electron chi connectivity index (χ4n) is 4.43. The molecule has 0 bridgehead atoms. The first-order valence-electron chi connectivity index (χ1n) is 11.6. The second-order valence-electron chi connectivity index (χ2n) is 9.46. The molecule has 1 aromatic carbocycles. The first kappa shape index (κ1) is 23.7. The Morgan fingerprint density at radius 2 is 2.00 bits per heavy atom. The molecule has 36 heavy (non-hydrogen) atoms. The Balaban J connectivity index is 1.38. The smallest absolute Gasteiger partial charge is 0.281 e. The summed E-state index contributed by atoms with van der Waals surface area (Å²) in [6.07, 6.45) is 4.26. The van der Waals surface area contributed by atoms with Gasteiger partial charge in [0.1, 0.15) is 11.6 Å². The number of nitrogens with zero attached hydrogens (tertiary/aromatic N) is 4. The Bertz CT molecular complexity index is 1550. The van der Waals surface area contributed by atoms with Crippen LogP contribution in [0.2, 0.25) is 0 Å². The number of hydrogen-bond donors (Lipinski definition) is 3. The van der Waals surface area contributed by atoms with E-state index < -0.39 is 15.9 Å². The molecule has 0 spiro atoms. The van der Waals surface area contributed by atoms with Gasteiger partial charge in [-0.1, -0.05) is 13.0 Å². The zero-order valence-corrected chi connectivity index (χ0v) is 21.0. The Morgan fingerprint density at radius 1 is 1.17 bits per heavy atom. The van der Waals surface area contributed by atoms with Gasteiger partial charge in [0.25, 0.3) is 15.9 Å². The maximum Gasteiger partial charge on any atom is 0.281 e. The van der Waals surface area contributed by atoms with Gasteiger partial charge in [0.15, 0.2) is 5.03 Å². The largest absolute Gasteiger partial charge is 0.351 e. The zero-order valence-electron chi connectivity index (χ0n) is 20.2. The number of benzene rings is 1. The van der Waals surface area contributed by atoms with Crippen LogP contribution in [-0.2, 0) is 10.0 Å². The molecule has 0 aliphatic carbocycles. The van der Waals surface area contributed by atoms with Crippen molar-refractivity contribution in [1.82, 2.24) is 24.9 Å². The quantitative estimate of drug-likeness (QED) is 0.360. The number of hydrogen-bond acceptors (Lipinski definition) is 8. The SMILES string of the molecule is CC1CCN(c2ncccc2C(=O)NS(=O)(=O)c2cccc(Nc3ccc4[nH]ncc4c3)n2)C1(C)C. The van der Waals surface area contributed by atoms with Crippen molar-refractivity contribution < 1.29 is 13.2 Å². The van der Waals surface area contributed by atoms with Crippen molar-refractivity contribution in [3.05, 3.63) is 66.5 Å². The normalized spacial score (nSPS) is 17.3. The molecule has 3 N–H and O–H groups in total. The lowest BCUT2D eigenvalue weighted by atomic mass is 9.90. The average Bonchev–Trinajstić information content (AvgIpc) is 3.42. The second-order valence-corrected chi connectivity index (χ2v) is 11.1. The minimum atomic E-state index is -4.24. The van der Waals surface area contributed by atoms with E-state index in [-0.39, 0.29) is 16.1 Å². The highest BCUT2D eigenvalue weighted by Gasteiger charge is 2.40. The fourth-order valence-corrected chi connectivity index (χ4v) is 5.36. The lowest BCUT2D eigenvalue weighted by molar-refractivity contribution is 0.0981. The van der Waals surface area contributed by atoms with Crippen molar-refractivity contribution in [1.29, 1.82) is 0 Å². The molecule has 1 fully saturated rings. The predicted octanol–water partition coefficient (Wildman–Crippen LogP) is 3.84. The number of pyridine rings is 2. The number of anilines is 3. The van der Waals surface area contributed by atoms with Crippen LogP contribution in [0, 0.1) is 5.92 Å². The van der Waals surface area contributed by atoms with Crippen LogP contribution in [0.3, 0.4) is 0 Å². The number of aromatic nitrogens is 4. The first-order valence-corrected chi connectivity index (χ1v) is 13.1. The lowest BCUT2D eigenvalue weighted by Gasteiger charge is -2.36. The molecule has 4 aromatic rings. The topological polar surface area (TPSA) is 133 Å². The lowest BCUT2D eigenvalue weighted by Crippen LogP contribution is -2.43. The number of rotatable bonds is 6. The summed E-state index contributed by atoms with van der Waals surface area (Å²) in [4.78, 5) is 23.9. The van der Waals surface area contributed by atoms with Gasteiger partial charge < -0.3 is 10.2 Å².